The summed E-state index contributed by atoms with van der Waals surface area (Å²) in [5.41, 5.74) is -0.107. The first-order chi connectivity index (χ1) is 8.49. The summed E-state index contributed by atoms with van der Waals surface area (Å²) >= 11 is 0. The van der Waals surface area contributed by atoms with E-state index in [1.807, 2.05) is 0 Å². The van der Waals surface area contributed by atoms with Crippen molar-refractivity contribution < 1.29 is 24.0 Å². The minimum atomic E-state index is -1.30. The predicted molar refractivity (Wildman–Crippen MR) is 57.0 cm³/mol. The van der Waals surface area contributed by atoms with Crippen molar-refractivity contribution in [2.45, 2.75) is 0 Å². The summed E-state index contributed by atoms with van der Waals surface area (Å²) in [6.07, 6.45) is 0. The van der Waals surface area contributed by atoms with Crippen LogP contribution in [0.15, 0.2) is 10.6 Å². The number of carbonyl (C=O) groups is 3. The topological polar surface area (TPSA) is 104 Å². The normalized spacial score (nSPS) is 15.9. The molecule has 0 spiro atoms. The molecule has 1 aliphatic heterocycles. The van der Waals surface area contributed by atoms with Crippen molar-refractivity contribution in [3.05, 3.63) is 17.5 Å². The maximum absolute atomic E-state index is 11.9. The molecule has 1 aliphatic rings. The molecule has 0 unspecified atom stereocenters. The maximum Gasteiger partial charge on any atom is 0.374 e. The highest BCUT2D eigenvalue weighted by Crippen LogP contribution is 2.09. The number of carboxylic acids is 1. The zero-order valence-electron chi connectivity index (χ0n) is 9.62. The Labute approximate surface area is 102 Å². The highest BCUT2D eigenvalue weighted by atomic mass is 16.5. The zero-order valence-corrected chi connectivity index (χ0v) is 9.62. The number of carboxylic acid groups (broad SMARTS) is 1. The van der Waals surface area contributed by atoms with Crippen LogP contribution in [-0.4, -0.2) is 64.5 Å². The van der Waals surface area contributed by atoms with Crippen LogP contribution in [0.4, 0.5) is 0 Å². The minimum Gasteiger partial charge on any atom is -0.475 e. The summed E-state index contributed by atoms with van der Waals surface area (Å²) < 4.78 is 4.49. The molecule has 0 aromatic carbocycles. The van der Waals surface area contributed by atoms with Crippen molar-refractivity contribution in [1.82, 2.24) is 15.0 Å². The average molecular weight is 253 g/mol. The van der Waals surface area contributed by atoms with E-state index < -0.39 is 17.6 Å². The molecule has 0 bridgehead atoms. The number of hydrogen-bond donors (Lipinski definition) is 1. The highest BCUT2D eigenvalue weighted by molar-refractivity contribution is 5.97. The molecule has 18 heavy (non-hydrogen) atoms. The Bertz CT molecular complexity index is 509. The van der Waals surface area contributed by atoms with Crippen LogP contribution in [0.25, 0.3) is 0 Å². The first-order valence-electron chi connectivity index (χ1n) is 5.22. The second kappa shape index (κ2) is 4.47. The Morgan fingerprint density at radius 2 is 2.17 bits per heavy atom. The molecule has 96 valence electrons. The maximum atomic E-state index is 11.9. The van der Waals surface area contributed by atoms with Gasteiger partial charge in [0.1, 0.15) is 6.54 Å². The van der Waals surface area contributed by atoms with E-state index in [2.05, 4.69) is 9.68 Å². The van der Waals surface area contributed by atoms with Gasteiger partial charge in [0.2, 0.25) is 11.7 Å². The second-order valence-corrected chi connectivity index (χ2v) is 3.92. The van der Waals surface area contributed by atoms with Gasteiger partial charge in [-0.2, -0.15) is 0 Å². The number of carbonyl (C=O) groups excluding carboxylic acids is 2. The summed E-state index contributed by atoms with van der Waals surface area (Å²) in [5, 5.41) is 12.0. The zero-order chi connectivity index (χ0) is 13.3. The molecular weight excluding hydrogens is 242 g/mol. The Morgan fingerprint density at radius 3 is 2.72 bits per heavy atom. The molecule has 0 atom stereocenters. The SMILES string of the molecule is CN1CCN(C(=O)c2cc(C(=O)O)on2)CC1=O. The van der Waals surface area contributed by atoms with Gasteiger partial charge in [-0.3, -0.25) is 9.59 Å². The van der Waals surface area contributed by atoms with Crippen molar-refractivity contribution in [2.24, 2.45) is 0 Å². The molecule has 1 N–H and O–H groups in total. The Morgan fingerprint density at radius 1 is 1.44 bits per heavy atom. The van der Waals surface area contributed by atoms with Crippen LogP contribution in [0, 0.1) is 0 Å². The molecule has 2 amide bonds. The molecule has 1 saturated heterocycles. The molecule has 8 nitrogen and oxygen atoms in total. The lowest BCUT2D eigenvalue weighted by Crippen LogP contribution is -2.50. The number of hydrogen-bond acceptors (Lipinski definition) is 5. The van der Waals surface area contributed by atoms with E-state index in [0.717, 1.165) is 6.07 Å². The fourth-order valence-electron chi connectivity index (χ4n) is 1.57. The smallest absolute Gasteiger partial charge is 0.374 e. The highest BCUT2D eigenvalue weighted by Gasteiger charge is 2.28. The van der Waals surface area contributed by atoms with Crippen molar-refractivity contribution in [1.29, 1.82) is 0 Å². The number of nitrogens with zero attached hydrogens (tertiary/aromatic N) is 3. The van der Waals surface area contributed by atoms with Crippen molar-refractivity contribution >= 4 is 17.8 Å². The molecule has 0 radical (unpaired) electrons. The molecular formula is C10H11N3O5. The predicted octanol–water partition coefficient (Wildman–Crippen LogP) is -0.713. The van der Waals surface area contributed by atoms with Gasteiger partial charge in [-0.05, 0) is 0 Å². The summed E-state index contributed by atoms with van der Waals surface area (Å²) in [7, 11) is 1.66. The summed E-state index contributed by atoms with van der Waals surface area (Å²) in [6.45, 7) is 0.787. The van der Waals surface area contributed by atoms with Crippen molar-refractivity contribution in [3.63, 3.8) is 0 Å². The van der Waals surface area contributed by atoms with Crippen LogP contribution in [0.2, 0.25) is 0 Å². The van der Waals surface area contributed by atoms with E-state index in [4.69, 9.17) is 5.11 Å². The van der Waals surface area contributed by atoms with Crippen LogP contribution >= 0.6 is 0 Å². The molecule has 0 saturated carbocycles. The second-order valence-electron chi connectivity index (χ2n) is 3.92. The number of amides is 2. The van der Waals surface area contributed by atoms with Gasteiger partial charge >= 0.3 is 5.97 Å². The third-order valence-corrected chi connectivity index (χ3v) is 2.68. The lowest BCUT2D eigenvalue weighted by atomic mass is 10.2. The summed E-state index contributed by atoms with van der Waals surface area (Å²) in [4.78, 5) is 36.8. The van der Waals surface area contributed by atoms with Crippen molar-refractivity contribution in [2.75, 3.05) is 26.7 Å². The molecule has 2 heterocycles. The van der Waals surface area contributed by atoms with Crippen molar-refractivity contribution in [3.8, 4) is 0 Å². The van der Waals surface area contributed by atoms with Crippen LogP contribution < -0.4 is 0 Å². The van der Waals surface area contributed by atoms with Crippen LogP contribution in [-0.2, 0) is 4.79 Å². The van der Waals surface area contributed by atoms with Gasteiger partial charge in [0.15, 0.2) is 5.69 Å². The van der Waals surface area contributed by atoms with Crippen LogP contribution in [0.3, 0.4) is 0 Å². The molecule has 1 fully saturated rings. The van der Waals surface area contributed by atoms with Gasteiger partial charge in [0, 0.05) is 26.2 Å². The standard InChI is InChI=1S/C10H11N3O5/c1-12-2-3-13(5-8(12)14)9(15)6-4-7(10(16)17)18-11-6/h4H,2-3,5H2,1H3,(H,16,17). The Hall–Kier alpha value is -2.38. The van der Waals surface area contributed by atoms with Gasteiger partial charge in [-0.15, -0.1) is 0 Å². The van der Waals surface area contributed by atoms with E-state index in [0.29, 0.717) is 13.1 Å². The summed E-state index contributed by atoms with van der Waals surface area (Å²) in [5.74, 6) is -2.38. The van der Waals surface area contributed by atoms with E-state index in [9.17, 15) is 14.4 Å². The van der Waals surface area contributed by atoms with Crippen LogP contribution in [0.5, 0.6) is 0 Å². The first kappa shape index (κ1) is 12.1. The number of likely N-dealkylation sites (N-methyl/N-ethyl adjacent to an activating group) is 1. The fraction of sp³-hybridized carbons (Fsp3) is 0.400. The number of aromatic nitrogens is 1. The van der Waals surface area contributed by atoms with Gasteiger partial charge in [-0.25, -0.2) is 4.79 Å². The number of rotatable bonds is 2. The molecule has 2 rings (SSSR count). The van der Waals surface area contributed by atoms with Gasteiger partial charge in [0.25, 0.3) is 5.91 Å². The van der Waals surface area contributed by atoms with Gasteiger partial charge < -0.3 is 19.4 Å². The Balaban J connectivity index is 2.11. The fourth-order valence-corrected chi connectivity index (χ4v) is 1.57. The number of piperazine rings is 1. The monoisotopic (exact) mass is 253 g/mol. The first-order valence-corrected chi connectivity index (χ1v) is 5.22. The molecule has 1 aromatic rings. The molecule has 1 aromatic heterocycles. The largest absolute Gasteiger partial charge is 0.475 e. The lowest BCUT2D eigenvalue weighted by molar-refractivity contribution is -0.133. The minimum absolute atomic E-state index is 0.0371. The Kier molecular flexibility index (Phi) is 3.00. The third-order valence-electron chi connectivity index (χ3n) is 2.68. The van der Waals surface area contributed by atoms with Gasteiger partial charge in [-0.1, -0.05) is 5.16 Å². The third kappa shape index (κ3) is 2.17. The quantitative estimate of drug-likeness (QED) is 0.746. The number of aromatic carboxylic acids is 1. The van der Waals surface area contributed by atoms with E-state index in [1.54, 1.807) is 7.05 Å². The molecule has 0 aliphatic carbocycles. The summed E-state index contributed by atoms with van der Waals surface area (Å²) in [6, 6.07) is 1.05. The average Bonchev–Trinajstić information content (AvgIpc) is 2.81. The van der Waals surface area contributed by atoms with E-state index in [-0.39, 0.29) is 18.1 Å². The van der Waals surface area contributed by atoms with E-state index in [1.165, 1.54) is 9.80 Å². The lowest BCUT2D eigenvalue weighted by Gasteiger charge is -2.31. The van der Waals surface area contributed by atoms with E-state index >= 15 is 0 Å². The molecule has 8 heteroatoms. The van der Waals surface area contributed by atoms with Crippen LogP contribution in [0.1, 0.15) is 21.0 Å². The van der Waals surface area contributed by atoms with Gasteiger partial charge in [0.05, 0.1) is 0 Å².